The standard InChI is InChI=1S/C7H9BrN2O3/c8-6-4(7(13)10-9-6)2-1-3-5(11)12/h1-3H2,(H,11,12)(H2,9,10,13). The van der Waals surface area contributed by atoms with Crippen molar-refractivity contribution in [3.05, 3.63) is 20.5 Å². The van der Waals surface area contributed by atoms with Crippen molar-refractivity contribution in [3.63, 3.8) is 0 Å². The van der Waals surface area contributed by atoms with E-state index in [9.17, 15) is 9.59 Å². The van der Waals surface area contributed by atoms with Gasteiger partial charge in [0.25, 0.3) is 5.56 Å². The zero-order valence-electron chi connectivity index (χ0n) is 6.76. The third-order valence-corrected chi connectivity index (χ3v) is 2.32. The minimum atomic E-state index is -0.844. The molecule has 0 aliphatic carbocycles. The number of hydrogen-bond donors (Lipinski definition) is 3. The highest BCUT2D eigenvalue weighted by Crippen LogP contribution is 2.10. The smallest absolute Gasteiger partial charge is 0.303 e. The van der Waals surface area contributed by atoms with E-state index < -0.39 is 5.97 Å². The van der Waals surface area contributed by atoms with Gasteiger partial charge < -0.3 is 5.11 Å². The Kier molecular flexibility index (Phi) is 3.30. The van der Waals surface area contributed by atoms with Crippen molar-refractivity contribution in [2.24, 2.45) is 0 Å². The van der Waals surface area contributed by atoms with Crippen LogP contribution in [0.1, 0.15) is 18.4 Å². The molecule has 0 aliphatic rings. The monoisotopic (exact) mass is 248 g/mol. The molecule has 5 nitrogen and oxygen atoms in total. The number of rotatable bonds is 4. The SMILES string of the molecule is O=C(O)CCCc1c(Br)[nH][nH]c1=O. The molecule has 0 saturated heterocycles. The molecule has 3 N–H and O–H groups in total. The lowest BCUT2D eigenvalue weighted by atomic mass is 10.1. The van der Waals surface area contributed by atoms with Crippen LogP contribution in [0.15, 0.2) is 9.40 Å². The Hall–Kier alpha value is -1.04. The van der Waals surface area contributed by atoms with Gasteiger partial charge in [-0.1, -0.05) is 0 Å². The predicted molar refractivity (Wildman–Crippen MR) is 49.7 cm³/mol. The molecule has 1 heterocycles. The van der Waals surface area contributed by atoms with Crippen LogP contribution in [0.4, 0.5) is 0 Å². The summed E-state index contributed by atoms with van der Waals surface area (Å²) < 4.78 is 0.600. The van der Waals surface area contributed by atoms with Crippen LogP contribution in [0.2, 0.25) is 0 Å². The molecule has 13 heavy (non-hydrogen) atoms. The fourth-order valence-electron chi connectivity index (χ4n) is 1.00. The lowest BCUT2D eigenvalue weighted by molar-refractivity contribution is -0.137. The quantitative estimate of drug-likeness (QED) is 0.740. The van der Waals surface area contributed by atoms with Gasteiger partial charge in [-0.25, -0.2) is 0 Å². The Morgan fingerprint density at radius 2 is 2.15 bits per heavy atom. The average Bonchev–Trinajstić information content (AvgIpc) is 2.34. The number of aromatic amines is 2. The van der Waals surface area contributed by atoms with Gasteiger partial charge >= 0.3 is 5.97 Å². The molecule has 0 fully saturated rings. The summed E-state index contributed by atoms with van der Waals surface area (Å²) in [5.41, 5.74) is 0.374. The maximum Gasteiger partial charge on any atom is 0.303 e. The van der Waals surface area contributed by atoms with Crippen LogP contribution in [0, 0.1) is 0 Å². The summed E-state index contributed by atoms with van der Waals surface area (Å²) in [6.45, 7) is 0. The predicted octanol–water partition coefficient (Wildman–Crippen LogP) is 0.873. The van der Waals surface area contributed by atoms with Gasteiger partial charge in [-0.3, -0.25) is 19.8 Å². The number of aromatic nitrogens is 2. The second kappa shape index (κ2) is 4.27. The third-order valence-electron chi connectivity index (χ3n) is 1.64. The molecule has 1 aromatic heterocycles. The van der Waals surface area contributed by atoms with Gasteiger partial charge in [-0.05, 0) is 28.8 Å². The van der Waals surface area contributed by atoms with Crippen molar-refractivity contribution >= 4 is 21.9 Å². The number of carboxylic acid groups (broad SMARTS) is 1. The molecule has 6 heteroatoms. The Labute approximate surface area is 82.3 Å². The summed E-state index contributed by atoms with van der Waals surface area (Å²) in [5.74, 6) is -0.844. The molecule has 72 valence electrons. The van der Waals surface area contributed by atoms with Crippen LogP contribution in [0.25, 0.3) is 0 Å². The summed E-state index contributed by atoms with van der Waals surface area (Å²) in [6.07, 6.45) is 1.01. The summed E-state index contributed by atoms with van der Waals surface area (Å²) in [6, 6.07) is 0. The molecule has 1 aromatic rings. The Morgan fingerprint density at radius 1 is 1.46 bits per heavy atom. The van der Waals surface area contributed by atoms with Crippen molar-refractivity contribution in [2.75, 3.05) is 0 Å². The number of hydrogen-bond acceptors (Lipinski definition) is 2. The molecule has 0 amide bonds. The first kappa shape index (κ1) is 10.0. The first-order chi connectivity index (χ1) is 6.11. The molecular formula is C7H9BrN2O3. The number of aliphatic carboxylic acids is 1. The van der Waals surface area contributed by atoms with Crippen molar-refractivity contribution in [1.29, 1.82) is 0 Å². The van der Waals surface area contributed by atoms with E-state index in [1.807, 2.05) is 0 Å². The van der Waals surface area contributed by atoms with Crippen molar-refractivity contribution in [3.8, 4) is 0 Å². The molecule has 0 unspecified atom stereocenters. The average molecular weight is 249 g/mol. The van der Waals surface area contributed by atoms with Crippen molar-refractivity contribution in [2.45, 2.75) is 19.3 Å². The summed E-state index contributed by atoms with van der Waals surface area (Å²) in [7, 11) is 0. The summed E-state index contributed by atoms with van der Waals surface area (Å²) >= 11 is 3.15. The van der Waals surface area contributed by atoms with Gasteiger partial charge in [0.05, 0.1) is 5.56 Å². The van der Waals surface area contributed by atoms with Crippen LogP contribution >= 0.6 is 15.9 Å². The fourth-order valence-corrected chi connectivity index (χ4v) is 1.48. The van der Waals surface area contributed by atoms with Crippen LogP contribution < -0.4 is 5.56 Å². The van der Waals surface area contributed by atoms with E-state index in [-0.39, 0.29) is 12.0 Å². The maximum absolute atomic E-state index is 11.1. The van der Waals surface area contributed by atoms with Gasteiger partial charge in [0, 0.05) is 6.42 Å². The largest absolute Gasteiger partial charge is 0.481 e. The molecular weight excluding hydrogens is 240 g/mol. The van der Waals surface area contributed by atoms with E-state index >= 15 is 0 Å². The maximum atomic E-state index is 11.1. The lowest BCUT2D eigenvalue weighted by Gasteiger charge is -1.93. The van der Waals surface area contributed by atoms with E-state index in [0.29, 0.717) is 23.0 Å². The van der Waals surface area contributed by atoms with Gasteiger partial charge in [0.2, 0.25) is 0 Å². The third kappa shape index (κ3) is 2.73. The fraction of sp³-hybridized carbons (Fsp3) is 0.429. The van der Waals surface area contributed by atoms with Crippen LogP contribution in [0.5, 0.6) is 0 Å². The number of halogens is 1. The highest BCUT2D eigenvalue weighted by atomic mass is 79.9. The highest BCUT2D eigenvalue weighted by molar-refractivity contribution is 9.10. The minimum Gasteiger partial charge on any atom is -0.481 e. The number of H-pyrrole nitrogens is 2. The first-order valence-electron chi connectivity index (χ1n) is 3.78. The normalized spacial score (nSPS) is 10.2. The molecule has 0 aromatic carbocycles. The van der Waals surface area contributed by atoms with Crippen LogP contribution in [-0.4, -0.2) is 21.3 Å². The lowest BCUT2D eigenvalue weighted by Crippen LogP contribution is -2.06. The van der Waals surface area contributed by atoms with Crippen molar-refractivity contribution in [1.82, 2.24) is 10.2 Å². The highest BCUT2D eigenvalue weighted by Gasteiger charge is 2.07. The molecule has 0 spiro atoms. The Balaban J connectivity index is 2.54. The van der Waals surface area contributed by atoms with Gasteiger partial charge in [0.15, 0.2) is 0 Å². The van der Waals surface area contributed by atoms with E-state index in [1.54, 1.807) is 0 Å². The summed E-state index contributed by atoms with van der Waals surface area (Å²) in [4.78, 5) is 21.2. The number of carboxylic acids is 1. The van der Waals surface area contributed by atoms with Gasteiger partial charge in [0.1, 0.15) is 4.60 Å². The van der Waals surface area contributed by atoms with Crippen LogP contribution in [-0.2, 0) is 11.2 Å². The molecule has 1 rings (SSSR count). The van der Waals surface area contributed by atoms with E-state index in [0.717, 1.165) is 0 Å². The van der Waals surface area contributed by atoms with Gasteiger partial charge in [-0.15, -0.1) is 0 Å². The molecule has 0 atom stereocenters. The Morgan fingerprint density at radius 3 is 2.62 bits per heavy atom. The number of carbonyl (C=O) groups is 1. The first-order valence-corrected chi connectivity index (χ1v) is 4.57. The number of nitrogens with one attached hydrogen (secondary N) is 2. The zero-order valence-corrected chi connectivity index (χ0v) is 8.35. The van der Waals surface area contributed by atoms with Crippen molar-refractivity contribution < 1.29 is 9.90 Å². The van der Waals surface area contributed by atoms with E-state index in [1.165, 1.54) is 0 Å². The molecule has 0 aliphatic heterocycles. The zero-order chi connectivity index (χ0) is 9.84. The second-order valence-electron chi connectivity index (χ2n) is 2.62. The minimum absolute atomic E-state index is 0.0804. The van der Waals surface area contributed by atoms with Crippen LogP contribution in [0.3, 0.4) is 0 Å². The summed E-state index contributed by atoms with van der Waals surface area (Å²) in [5, 5.41) is 13.4. The van der Waals surface area contributed by atoms with E-state index in [2.05, 4.69) is 26.1 Å². The molecule has 0 radical (unpaired) electrons. The Bertz CT molecular complexity index is 355. The molecule has 0 bridgehead atoms. The second-order valence-corrected chi connectivity index (χ2v) is 3.41. The molecule has 0 saturated carbocycles. The van der Waals surface area contributed by atoms with Gasteiger partial charge in [-0.2, -0.15) is 0 Å². The van der Waals surface area contributed by atoms with E-state index in [4.69, 9.17) is 5.11 Å². The topological polar surface area (TPSA) is 85.9 Å².